The Morgan fingerprint density at radius 2 is 2.12 bits per heavy atom. The van der Waals surface area contributed by atoms with Gasteiger partial charge < -0.3 is 15.3 Å². The summed E-state index contributed by atoms with van der Waals surface area (Å²) in [5.74, 6) is 0.588. The molecule has 0 radical (unpaired) electrons. The molecule has 1 saturated heterocycles. The minimum Gasteiger partial charge on any atom is -0.396 e. The first-order valence-corrected chi connectivity index (χ1v) is 9.44. The SMILES string of the molecule is O=C(NCCCO)c1cn(C2CCN(CC3CC=CCC3)CC2)nn1. The topological polar surface area (TPSA) is 83.3 Å². The first-order valence-electron chi connectivity index (χ1n) is 9.44. The van der Waals surface area contributed by atoms with Crippen LogP contribution in [0.3, 0.4) is 0 Å². The van der Waals surface area contributed by atoms with Crippen molar-refractivity contribution in [1.29, 1.82) is 0 Å². The van der Waals surface area contributed by atoms with E-state index in [0.717, 1.165) is 31.8 Å². The summed E-state index contributed by atoms with van der Waals surface area (Å²) in [4.78, 5) is 14.5. The van der Waals surface area contributed by atoms with Crippen molar-refractivity contribution in [3.63, 3.8) is 0 Å². The molecule has 1 aliphatic heterocycles. The molecular formula is C18H29N5O2. The molecule has 3 rings (SSSR count). The first-order chi connectivity index (χ1) is 12.3. The van der Waals surface area contributed by atoms with Crippen LogP contribution in [0, 0.1) is 5.92 Å². The average Bonchev–Trinajstić information content (AvgIpc) is 3.14. The Hall–Kier alpha value is -1.73. The molecule has 1 atom stereocenters. The number of hydrogen-bond acceptors (Lipinski definition) is 5. The molecule has 1 aliphatic carbocycles. The predicted octanol–water partition coefficient (Wildman–Crippen LogP) is 1.38. The van der Waals surface area contributed by atoms with Gasteiger partial charge in [0.15, 0.2) is 5.69 Å². The molecule has 7 heteroatoms. The number of nitrogens with one attached hydrogen (secondary N) is 1. The lowest BCUT2D eigenvalue weighted by molar-refractivity contribution is 0.0946. The van der Waals surface area contributed by atoms with E-state index < -0.39 is 0 Å². The normalized spacial score (nSPS) is 22.2. The van der Waals surface area contributed by atoms with Gasteiger partial charge in [-0.1, -0.05) is 17.4 Å². The van der Waals surface area contributed by atoms with Crippen molar-refractivity contribution in [3.8, 4) is 0 Å². The van der Waals surface area contributed by atoms with E-state index in [-0.39, 0.29) is 12.5 Å². The van der Waals surface area contributed by atoms with E-state index in [1.54, 1.807) is 6.20 Å². The van der Waals surface area contributed by atoms with E-state index in [1.165, 1.54) is 25.8 Å². The Morgan fingerprint density at radius 1 is 1.28 bits per heavy atom. The molecule has 1 unspecified atom stereocenters. The fourth-order valence-corrected chi connectivity index (χ4v) is 3.68. The second-order valence-electron chi connectivity index (χ2n) is 7.10. The fraction of sp³-hybridized carbons (Fsp3) is 0.722. The van der Waals surface area contributed by atoms with Crippen molar-refractivity contribution < 1.29 is 9.90 Å². The van der Waals surface area contributed by atoms with Crippen molar-refractivity contribution in [1.82, 2.24) is 25.2 Å². The van der Waals surface area contributed by atoms with Gasteiger partial charge in [0.1, 0.15) is 0 Å². The molecule has 1 fully saturated rings. The van der Waals surface area contributed by atoms with E-state index in [0.29, 0.717) is 24.7 Å². The summed E-state index contributed by atoms with van der Waals surface area (Å²) in [7, 11) is 0. The zero-order valence-electron chi connectivity index (χ0n) is 14.8. The quantitative estimate of drug-likeness (QED) is 0.575. The van der Waals surface area contributed by atoms with Crippen molar-refractivity contribution in [2.45, 2.75) is 44.6 Å². The maximum atomic E-state index is 12.0. The Bertz CT molecular complexity index is 578. The lowest BCUT2D eigenvalue weighted by Crippen LogP contribution is -2.38. The lowest BCUT2D eigenvalue weighted by Gasteiger charge is -2.34. The lowest BCUT2D eigenvalue weighted by atomic mass is 9.93. The molecule has 7 nitrogen and oxygen atoms in total. The average molecular weight is 347 g/mol. The van der Waals surface area contributed by atoms with Crippen molar-refractivity contribution in [3.05, 3.63) is 24.0 Å². The van der Waals surface area contributed by atoms with E-state index in [4.69, 9.17) is 5.11 Å². The summed E-state index contributed by atoms with van der Waals surface area (Å²) < 4.78 is 1.85. The maximum Gasteiger partial charge on any atom is 0.273 e. The molecule has 0 aromatic carbocycles. The van der Waals surface area contributed by atoms with Crippen LogP contribution in [0.2, 0.25) is 0 Å². The second-order valence-corrected chi connectivity index (χ2v) is 7.10. The third kappa shape index (κ3) is 5.12. The minimum absolute atomic E-state index is 0.0721. The number of aliphatic hydroxyl groups is 1. The van der Waals surface area contributed by atoms with Crippen molar-refractivity contribution in [2.75, 3.05) is 32.8 Å². The monoisotopic (exact) mass is 347 g/mol. The summed E-state index contributed by atoms with van der Waals surface area (Å²) in [6.45, 7) is 3.90. The Balaban J connectivity index is 1.45. The van der Waals surface area contributed by atoms with Gasteiger partial charge in [-0.2, -0.15) is 0 Å². The fourth-order valence-electron chi connectivity index (χ4n) is 3.68. The number of aliphatic hydroxyl groups excluding tert-OH is 1. The van der Waals surface area contributed by atoms with Crippen LogP contribution in [0.5, 0.6) is 0 Å². The molecule has 0 spiro atoms. The summed E-state index contributed by atoms with van der Waals surface area (Å²) in [6, 6.07) is 0.328. The number of rotatable bonds is 7. The minimum atomic E-state index is -0.220. The van der Waals surface area contributed by atoms with E-state index in [1.807, 2.05) is 4.68 Å². The summed E-state index contributed by atoms with van der Waals surface area (Å²) >= 11 is 0. The molecule has 138 valence electrons. The standard InChI is InChI=1S/C18H29N5O2/c24-12-4-9-19-18(25)17-14-23(21-20-17)16-7-10-22(11-8-16)13-15-5-2-1-3-6-15/h1-2,14-16,24H,3-13H2,(H,19,25). The molecule has 2 N–H and O–H groups in total. The number of carbonyl (C=O) groups is 1. The number of aromatic nitrogens is 3. The number of hydrogen-bond donors (Lipinski definition) is 2. The van der Waals surface area contributed by atoms with Gasteiger partial charge in [0.25, 0.3) is 5.91 Å². The first kappa shape index (κ1) is 18.1. The van der Waals surface area contributed by atoms with E-state index in [9.17, 15) is 4.79 Å². The molecule has 2 heterocycles. The highest BCUT2D eigenvalue weighted by Crippen LogP contribution is 2.25. The Morgan fingerprint density at radius 3 is 2.84 bits per heavy atom. The van der Waals surface area contributed by atoms with Gasteiger partial charge >= 0.3 is 0 Å². The van der Waals surface area contributed by atoms with Crippen LogP contribution < -0.4 is 5.32 Å². The summed E-state index contributed by atoms with van der Waals surface area (Å²) in [5, 5.41) is 19.7. The van der Waals surface area contributed by atoms with E-state index >= 15 is 0 Å². The van der Waals surface area contributed by atoms with Crippen LogP contribution in [0.4, 0.5) is 0 Å². The zero-order valence-corrected chi connectivity index (χ0v) is 14.8. The third-order valence-electron chi connectivity index (χ3n) is 5.19. The molecule has 0 saturated carbocycles. The van der Waals surface area contributed by atoms with Gasteiger partial charge in [0, 0.05) is 32.8 Å². The predicted molar refractivity (Wildman–Crippen MR) is 95.3 cm³/mol. The molecule has 2 aliphatic rings. The molecule has 25 heavy (non-hydrogen) atoms. The van der Waals surface area contributed by atoms with Gasteiger partial charge in [-0.05, 0) is 44.4 Å². The molecular weight excluding hydrogens is 318 g/mol. The van der Waals surface area contributed by atoms with Crippen molar-refractivity contribution in [2.24, 2.45) is 5.92 Å². The van der Waals surface area contributed by atoms with Crippen molar-refractivity contribution >= 4 is 5.91 Å². The van der Waals surface area contributed by atoms with Crippen LogP contribution in [0.25, 0.3) is 0 Å². The number of amides is 1. The van der Waals surface area contributed by atoms with E-state index in [2.05, 4.69) is 32.7 Å². The highest BCUT2D eigenvalue weighted by Gasteiger charge is 2.24. The van der Waals surface area contributed by atoms with Crippen LogP contribution in [0.15, 0.2) is 18.3 Å². The summed E-state index contributed by atoms with van der Waals surface area (Å²) in [6.07, 6.45) is 12.8. The van der Waals surface area contributed by atoms with Gasteiger partial charge in [-0.15, -0.1) is 5.10 Å². The maximum absolute atomic E-state index is 12.0. The second kappa shape index (κ2) is 9.10. The molecule has 1 aromatic rings. The molecule has 0 bridgehead atoms. The Kier molecular flexibility index (Phi) is 6.58. The zero-order chi connectivity index (χ0) is 17.5. The number of allylic oxidation sites excluding steroid dienone is 2. The van der Waals surface area contributed by atoms with Gasteiger partial charge in [-0.25, -0.2) is 4.68 Å². The highest BCUT2D eigenvalue weighted by atomic mass is 16.3. The van der Waals surface area contributed by atoms with Crippen LogP contribution in [-0.2, 0) is 0 Å². The third-order valence-corrected chi connectivity index (χ3v) is 5.19. The van der Waals surface area contributed by atoms with Gasteiger partial charge in [-0.3, -0.25) is 4.79 Å². The van der Waals surface area contributed by atoms with Crippen LogP contribution >= 0.6 is 0 Å². The van der Waals surface area contributed by atoms with Gasteiger partial charge in [0.05, 0.1) is 12.2 Å². The highest BCUT2D eigenvalue weighted by molar-refractivity contribution is 5.91. The van der Waals surface area contributed by atoms with Crippen LogP contribution in [0.1, 0.15) is 55.1 Å². The summed E-state index contributed by atoms with van der Waals surface area (Å²) in [5.41, 5.74) is 0.356. The number of nitrogens with zero attached hydrogens (tertiary/aromatic N) is 4. The Labute approximate surface area is 149 Å². The number of likely N-dealkylation sites (tertiary alicyclic amines) is 1. The smallest absolute Gasteiger partial charge is 0.273 e. The molecule has 1 aromatic heterocycles. The van der Waals surface area contributed by atoms with Crippen LogP contribution in [-0.4, -0.2) is 63.7 Å². The number of piperidine rings is 1. The number of carbonyl (C=O) groups excluding carboxylic acids is 1. The largest absolute Gasteiger partial charge is 0.396 e. The van der Waals surface area contributed by atoms with Gasteiger partial charge in [0.2, 0.25) is 0 Å². The molecule has 1 amide bonds.